The maximum atomic E-state index is 11.9. The van der Waals surface area contributed by atoms with E-state index in [0.29, 0.717) is 37.7 Å². The standard InChI is InChI=1S/C28H30N2O4/c1-3-33-27-14-20(11-12-26(27)34-18-21-8-6-7-19(2)13-21)16-29-25(28(31)32)15-22-17-30-24-10-5-4-9-23(22)24/h4-14,17,25,29-30H,3,15-16,18H2,1-2H3,(H,31,32)/t25-/m1/s1. The number of hydrogen-bond donors (Lipinski definition) is 3. The zero-order valence-corrected chi connectivity index (χ0v) is 19.5. The maximum Gasteiger partial charge on any atom is 0.321 e. The van der Waals surface area contributed by atoms with Crippen LogP contribution in [0.3, 0.4) is 0 Å². The SMILES string of the molecule is CCOc1cc(CN[C@H](Cc2c[nH]c3ccccc23)C(=O)O)ccc1OCc1cccc(C)c1. The van der Waals surface area contributed by atoms with Gasteiger partial charge in [-0.2, -0.15) is 0 Å². The molecule has 0 bridgehead atoms. The van der Waals surface area contributed by atoms with Gasteiger partial charge in [0, 0.05) is 30.1 Å². The molecule has 1 atom stereocenters. The topological polar surface area (TPSA) is 83.6 Å². The fourth-order valence-electron chi connectivity index (χ4n) is 4.02. The normalized spacial score (nSPS) is 11.9. The van der Waals surface area contributed by atoms with E-state index < -0.39 is 12.0 Å². The molecule has 6 heteroatoms. The van der Waals surface area contributed by atoms with Gasteiger partial charge in [-0.3, -0.25) is 4.79 Å². The first-order valence-electron chi connectivity index (χ1n) is 11.5. The largest absolute Gasteiger partial charge is 0.490 e. The van der Waals surface area contributed by atoms with Crippen molar-refractivity contribution in [2.45, 2.75) is 39.5 Å². The molecular formula is C28H30N2O4. The van der Waals surface area contributed by atoms with E-state index in [1.54, 1.807) is 0 Å². The van der Waals surface area contributed by atoms with Gasteiger partial charge < -0.3 is 24.9 Å². The number of nitrogens with one attached hydrogen (secondary N) is 2. The highest BCUT2D eigenvalue weighted by Gasteiger charge is 2.19. The minimum atomic E-state index is -0.881. The van der Waals surface area contributed by atoms with E-state index in [4.69, 9.17) is 9.47 Å². The minimum Gasteiger partial charge on any atom is -0.490 e. The number of carboxylic acids is 1. The van der Waals surface area contributed by atoms with Crippen LogP contribution in [0.25, 0.3) is 10.9 Å². The van der Waals surface area contributed by atoms with Crippen LogP contribution in [-0.2, 0) is 24.4 Å². The number of aromatic amines is 1. The molecule has 3 aromatic carbocycles. The lowest BCUT2D eigenvalue weighted by Gasteiger charge is -2.16. The predicted octanol–water partition coefficient (Wildman–Crippen LogP) is 5.24. The molecule has 0 unspecified atom stereocenters. The Labute approximate surface area is 199 Å². The molecule has 0 aliphatic heterocycles. The summed E-state index contributed by atoms with van der Waals surface area (Å²) in [6.07, 6.45) is 2.27. The van der Waals surface area contributed by atoms with E-state index in [1.165, 1.54) is 5.56 Å². The first-order valence-corrected chi connectivity index (χ1v) is 11.5. The molecule has 0 radical (unpaired) electrons. The van der Waals surface area contributed by atoms with Gasteiger partial charge in [-0.05, 0) is 48.7 Å². The van der Waals surface area contributed by atoms with Crippen LogP contribution in [0.15, 0.2) is 72.9 Å². The van der Waals surface area contributed by atoms with E-state index in [0.717, 1.165) is 27.6 Å². The van der Waals surface area contributed by atoms with E-state index in [-0.39, 0.29) is 0 Å². The van der Waals surface area contributed by atoms with Gasteiger partial charge in [0.25, 0.3) is 0 Å². The summed E-state index contributed by atoms with van der Waals surface area (Å²) in [5.41, 5.74) is 5.19. The number of aliphatic carboxylic acids is 1. The van der Waals surface area contributed by atoms with Crippen molar-refractivity contribution in [2.24, 2.45) is 0 Å². The first-order chi connectivity index (χ1) is 16.5. The van der Waals surface area contributed by atoms with E-state index in [2.05, 4.69) is 29.4 Å². The van der Waals surface area contributed by atoms with Gasteiger partial charge in [-0.1, -0.05) is 54.1 Å². The Kier molecular flexibility index (Phi) is 7.50. The van der Waals surface area contributed by atoms with Crippen LogP contribution in [0.1, 0.15) is 29.2 Å². The lowest BCUT2D eigenvalue weighted by molar-refractivity contribution is -0.139. The molecule has 0 aliphatic carbocycles. The van der Waals surface area contributed by atoms with Gasteiger partial charge in [0.15, 0.2) is 11.5 Å². The van der Waals surface area contributed by atoms with Crippen molar-refractivity contribution in [3.8, 4) is 11.5 Å². The molecule has 0 aliphatic rings. The number of para-hydroxylation sites is 1. The number of rotatable bonds is 11. The highest BCUT2D eigenvalue weighted by atomic mass is 16.5. The molecule has 0 fully saturated rings. The van der Waals surface area contributed by atoms with Gasteiger partial charge in [0.2, 0.25) is 0 Å². The number of benzene rings is 3. The second-order valence-corrected chi connectivity index (χ2v) is 8.33. The molecular weight excluding hydrogens is 428 g/mol. The number of aromatic nitrogens is 1. The number of carboxylic acid groups (broad SMARTS) is 1. The van der Waals surface area contributed by atoms with Gasteiger partial charge in [0.1, 0.15) is 12.6 Å². The fraction of sp³-hybridized carbons (Fsp3) is 0.250. The average Bonchev–Trinajstić information content (AvgIpc) is 3.24. The summed E-state index contributed by atoms with van der Waals surface area (Å²) in [4.78, 5) is 15.1. The zero-order chi connectivity index (χ0) is 23.9. The summed E-state index contributed by atoms with van der Waals surface area (Å²) >= 11 is 0. The van der Waals surface area contributed by atoms with Crippen molar-refractivity contribution in [1.29, 1.82) is 0 Å². The molecule has 0 amide bonds. The summed E-state index contributed by atoms with van der Waals surface area (Å²) < 4.78 is 11.8. The van der Waals surface area contributed by atoms with Gasteiger partial charge in [-0.15, -0.1) is 0 Å². The van der Waals surface area contributed by atoms with Crippen LogP contribution in [0.4, 0.5) is 0 Å². The average molecular weight is 459 g/mol. The van der Waals surface area contributed by atoms with Crippen molar-refractivity contribution in [2.75, 3.05) is 6.61 Å². The zero-order valence-electron chi connectivity index (χ0n) is 19.5. The number of hydrogen-bond acceptors (Lipinski definition) is 4. The lowest BCUT2D eigenvalue weighted by Crippen LogP contribution is -2.38. The highest BCUT2D eigenvalue weighted by molar-refractivity contribution is 5.84. The van der Waals surface area contributed by atoms with E-state index in [1.807, 2.05) is 67.7 Å². The van der Waals surface area contributed by atoms with E-state index in [9.17, 15) is 9.90 Å². The summed E-state index contributed by atoms with van der Waals surface area (Å²) in [7, 11) is 0. The first kappa shape index (κ1) is 23.4. The van der Waals surface area contributed by atoms with Crippen molar-refractivity contribution in [3.63, 3.8) is 0 Å². The Morgan fingerprint density at radius 1 is 1.00 bits per heavy atom. The monoisotopic (exact) mass is 458 g/mol. The molecule has 6 nitrogen and oxygen atoms in total. The highest BCUT2D eigenvalue weighted by Crippen LogP contribution is 2.29. The molecule has 0 spiro atoms. The third-order valence-corrected chi connectivity index (χ3v) is 5.73. The van der Waals surface area contributed by atoms with Crippen molar-refractivity contribution >= 4 is 16.9 Å². The van der Waals surface area contributed by atoms with Gasteiger partial charge >= 0.3 is 5.97 Å². The van der Waals surface area contributed by atoms with Crippen LogP contribution in [0.2, 0.25) is 0 Å². The summed E-state index contributed by atoms with van der Waals surface area (Å²) in [6, 6.07) is 21.1. The van der Waals surface area contributed by atoms with Crippen molar-refractivity contribution in [3.05, 3.63) is 95.2 Å². The Balaban J connectivity index is 1.43. The van der Waals surface area contributed by atoms with Crippen LogP contribution in [0.5, 0.6) is 11.5 Å². The summed E-state index contributed by atoms with van der Waals surface area (Å²) in [5.74, 6) is 0.437. The van der Waals surface area contributed by atoms with Gasteiger partial charge in [0.05, 0.1) is 6.61 Å². The predicted molar refractivity (Wildman–Crippen MR) is 133 cm³/mol. The van der Waals surface area contributed by atoms with Crippen LogP contribution in [-0.4, -0.2) is 28.7 Å². The third kappa shape index (κ3) is 5.77. The molecule has 4 aromatic rings. The Bertz CT molecular complexity index is 1260. The molecule has 4 rings (SSSR count). The second kappa shape index (κ2) is 10.9. The molecule has 0 saturated carbocycles. The fourth-order valence-corrected chi connectivity index (χ4v) is 4.02. The molecule has 34 heavy (non-hydrogen) atoms. The summed E-state index contributed by atoms with van der Waals surface area (Å²) in [5, 5.41) is 14.0. The minimum absolute atomic E-state index is 0.384. The molecule has 3 N–H and O–H groups in total. The number of carbonyl (C=O) groups is 1. The number of H-pyrrole nitrogens is 1. The lowest BCUT2D eigenvalue weighted by atomic mass is 10.0. The van der Waals surface area contributed by atoms with Crippen LogP contribution >= 0.6 is 0 Å². The maximum absolute atomic E-state index is 11.9. The van der Waals surface area contributed by atoms with Crippen LogP contribution < -0.4 is 14.8 Å². The van der Waals surface area contributed by atoms with Crippen LogP contribution in [0, 0.1) is 6.92 Å². The quantitative estimate of drug-likeness (QED) is 0.286. The number of aryl methyl sites for hydroxylation is 1. The molecule has 1 heterocycles. The summed E-state index contributed by atoms with van der Waals surface area (Å²) in [6.45, 7) is 5.34. The molecule has 176 valence electrons. The Morgan fingerprint density at radius 3 is 2.65 bits per heavy atom. The van der Waals surface area contributed by atoms with E-state index >= 15 is 0 Å². The van der Waals surface area contributed by atoms with Crippen molar-refractivity contribution in [1.82, 2.24) is 10.3 Å². The molecule has 0 saturated heterocycles. The number of fused-ring (bicyclic) bond motifs is 1. The molecule has 1 aromatic heterocycles. The third-order valence-electron chi connectivity index (χ3n) is 5.73. The smallest absolute Gasteiger partial charge is 0.321 e. The van der Waals surface area contributed by atoms with Crippen molar-refractivity contribution < 1.29 is 19.4 Å². The Morgan fingerprint density at radius 2 is 1.85 bits per heavy atom. The second-order valence-electron chi connectivity index (χ2n) is 8.33. The van der Waals surface area contributed by atoms with Gasteiger partial charge in [-0.25, -0.2) is 0 Å². The Hall–Kier alpha value is -3.77. The number of ether oxygens (including phenoxy) is 2.